The van der Waals surface area contributed by atoms with Crippen molar-refractivity contribution < 1.29 is 14.3 Å². The molecule has 8 nitrogen and oxygen atoms in total. The van der Waals surface area contributed by atoms with Crippen molar-refractivity contribution in [1.82, 2.24) is 19.8 Å². The maximum Gasteiger partial charge on any atom is 0.409 e. The van der Waals surface area contributed by atoms with Gasteiger partial charge in [0.15, 0.2) is 0 Å². The van der Waals surface area contributed by atoms with Crippen LogP contribution in [0.15, 0.2) is 24.3 Å². The summed E-state index contributed by atoms with van der Waals surface area (Å²) in [5, 5.41) is 3.25. The number of para-hydroxylation sites is 1. The predicted octanol–water partition coefficient (Wildman–Crippen LogP) is 3.06. The molecule has 8 heteroatoms. The molecule has 0 unspecified atom stereocenters. The van der Waals surface area contributed by atoms with E-state index in [1.165, 1.54) is 0 Å². The molecule has 0 spiro atoms. The molecular weight excluding hydrogens is 370 g/mol. The molecule has 1 aliphatic heterocycles. The van der Waals surface area contributed by atoms with Crippen molar-refractivity contribution in [1.29, 1.82) is 0 Å². The van der Waals surface area contributed by atoms with Gasteiger partial charge in [-0.25, -0.2) is 14.8 Å². The summed E-state index contributed by atoms with van der Waals surface area (Å²) in [5.74, 6) is 0.236. The van der Waals surface area contributed by atoms with Crippen LogP contribution in [-0.4, -0.2) is 64.6 Å². The molecule has 0 aliphatic carbocycles. The van der Waals surface area contributed by atoms with Crippen molar-refractivity contribution >= 4 is 23.6 Å². The number of hydrogen-bond donors (Lipinski definition) is 1. The van der Waals surface area contributed by atoms with Crippen LogP contribution in [0.25, 0.3) is 0 Å². The fourth-order valence-corrected chi connectivity index (χ4v) is 3.33. The molecule has 29 heavy (non-hydrogen) atoms. The summed E-state index contributed by atoms with van der Waals surface area (Å²) >= 11 is 0. The Morgan fingerprint density at radius 3 is 2.28 bits per heavy atom. The van der Waals surface area contributed by atoms with Gasteiger partial charge < -0.3 is 19.9 Å². The van der Waals surface area contributed by atoms with Gasteiger partial charge in [0.2, 0.25) is 5.95 Å². The molecule has 1 saturated heterocycles. The minimum absolute atomic E-state index is 0.163. The maximum absolute atomic E-state index is 13.0. The minimum Gasteiger partial charge on any atom is -0.450 e. The number of nitrogens with zero attached hydrogens (tertiary/aromatic N) is 4. The summed E-state index contributed by atoms with van der Waals surface area (Å²) in [6.45, 7) is 9.77. The van der Waals surface area contributed by atoms with Gasteiger partial charge in [-0.2, -0.15) is 0 Å². The van der Waals surface area contributed by atoms with Crippen LogP contribution in [0.4, 0.5) is 16.4 Å². The number of ether oxygens (including phenoxy) is 1. The molecule has 0 radical (unpaired) electrons. The molecule has 1 aromatic heterocycles. The zero-order valence-electron chi connectivity index (χ0n) is 17.4. The van der Waals surface area contributed by atoms with Crippen molar-refractivity contribution in [3.63, 3.8) is 0 Å². The summed E-state index contributed by atoms with van der Waals surface area (Å²) in [6.07, 6.45) is -0.336. The molecular formula is C21H27N5O3. The smallest absolute Gasteiger partial charge is 0.409 e. The third-order valence-electron chi connectivity index (χ3n) is 4.88. The fraction of sp³-hybridized carbons (Fsp3) is 0.429. The summed E-state index contributed by atoms with van der Waals surface area (Å²) in [4.78, 5) is 37.0. The van der Waals surface area contributed by atoms with Gasteiger partial charge in [-0.05, 0) is 44.9 Å². The first-order valence-electron chi connectivity index (χ1n) is 9.79. The second-order valence-electron chi connectivity index (χ2n) is 7.09. The van der Waals surface area contributed by atoms with E-state index in [2.05, 4.69) is 15.3 Å². The van der Waals surface area contributed by atoms with Crippen molar-refractivity contribution in [3.05, 3.63) is 46.8 Å². The molecule has 0 bridgehead atoms. The number of aromatic nitrogens is 2. The Morgan fingerprint density at radius 1 is 1.03 bits per heavy atom. The Bertz CT molecular complexity index is 887. The maximum atomic E-state index is 13.0. The standard InChI is InChI=1S/C21H27N5O3/c1-5-29-21(28)26-11-9-25(10-12-26)19(27)17-13-16(4)22-20(23-17)24-18-14(2)7-6-8-15(18)3/h6-8,13H,5,9-12H2,1-4H3,(H,22,23,24). The number of piperazine rings is 1. The Labute approximate surface area is 170 Å². The number of carbonyl (C=O) groups excluding carboxylic acids is 2. The van der Waals surface area contributed by atoms with Crippen LogP contribution in [-0.2, 0) is 4.74 Å². The van der Waals surface area contributed by atoms with Crippen LogP contribution in [0.1, 0.15) is 34.2 Å². The monoisotopic (exact) mass is 397 g/mol. The highest BCUT2D eigenvalue weighted by atomic mass is 16.6. The number of rotatable bonds is 4. The van der Waals surface area contributed by atoms with E-state index >= 15 is 0 Å². The van der Waals surface area contributed by atoms with Gasteiger partial charge in [0.25, 0.3) is 5.91 Å². The molecule has 1 aliphatic rings. The van der Waals surface area contributed by atoms with E-state index in [0.29, 0.717) is 50.1 Å². The second kappa shape index (κ2) is 8.89. The minimum atomic E-state index is -0.336. The van der Waals surface area contributed by atoms with Gasteiger partial charge in [-0.15, -0.1) is 0 Å². The largest absolute Gasteiger partial charge is 0.450 e. The Kier molecular flexibility index (Phi) is 6.31. The van der Waals surface area contributed by atoms with E-state index < -0.39 is 0 Å². The van der Waals surface area contributed by atoms with E-state index in [0.717, 1.165) is 16.8 Å². The van der Waals surface area contributed by atoms with Crippen molar-refractivity contribution in [3.8, 4) is 0 Å². The van der Waals surface area contributed by atoms with Crippen LogP contribution in [0, 0.1) is 20.8 Å². The molecule has 1 aromatic carbocycles. The van der Waals surface area contributed by atoms with E-state index in [4.69, 9.17) is 4.74 Å². The normalized spacial score (nSPS) is 13.9. The number of aryl methyl sites for hydroxylation is 3. The lowest BCUT2D eigenvalue weighted by atomic mass is 10.1. The van der Waals surface area contributed by atoms with Gasteiger partial charge in [-0.1, -0.05) is 18.2 Å². The number of carbonyl (C=O) groups is 2. The molecule has 1 N–H and O–H groups in total. The molecule has 3 rings (SSSR count). The first kappa shape index (κ1) is 20.6. The number of hydrogen-bond acceptors (Lipinski definition) is 6. The first-order valence-corrected chi connectivity index (χ1v) is 9.79. The fourth-order valence-electron chi connectivity index (χ4n) is 3.33. The third-order valence-corrected chi connectivity index (χ3v) is 4.88. The molecule has 154 valence electrons. The van der Waals surface area contributed by atoms with Gasteiger partial charge in [0.05, 0.1) is 6.61 Å². The summed E-state index contributed by atoms with van der Waals surface area (Å²) in [6, 6.07) is 7.72. The Balaban J connectivity index is 1.73. The van der Waals surface area contributed by atoms with Gasteiger partial charge >= 0.3 is 6.09 Å². The van der Waals surface area contributed by atoms with Crippen molar-refractivity contribution in [2.75, 3.05) is 38.1 Å². The zero-order chi connectivity index (χ0) is 21.0. The van der Waals surface area contributed by atoms with E-state index in [9.17, 15) is 9.59 Å². The van der Waals surface area contributed by atoms with E-state index in [-0.39, 0.29) is 12.0 Å². The molecule has 1 fully saturated rings. The highest BCUT2D eigenvalue weighted by Crippen LogP contribution is 2.23. The quantitative estimate of drug-likeness (QED) is 0.853. The van der Waals surface area contributed by atoms with Crippen molar-refractivity contribution in [2.45, 2.75) is 27.7 Å². The van der Waals surface area contributed by atoms with Crippen molar-refractivity contribution in [2.24, 2.45) is 0 Å². The summed E-state index contributed by atoms with van der Waals surface area (Å²) < 4.78 is 5.02. The van der Waals surface area contributed by atoms with Gasteiger partial charge in [0, 0.05) is 37.6 Å². The average Bonchev–Trinajstić information content (AvgIpc) is 2.70. The number of anilines is 2. The molecule has 2 heterocycles. The third kappa shape index (κ3) is 4.82. The van der Waals surface area contributed by atoms with Gasteiger partial charge in [0.1, 0.15) is 5.69 Å². The van der Waals surface area contributed by atoms with Crippen LogP contribution in [0.5, 0.6) is 0 Å². The second-order valence-corrected chi connectivity index (χ2v) is 7.09. The number of benzene rings is 1. The van der Waals surface area contributed by atoms with Crippen LogP contribution >= 0.6 is 0 Å². The first-order chi connectivity index (χ1) is 13.9. The Hall–Kier alpha value is -3.16. The van der Waals surface area contributed by atoms with Crippen LogP contribution < -0.4 is 5.32 Å². The van der Waals surface area contributed by atoms with Crippen LogP contribution in [0.3, 0.4) is 0 Å². The average molecular weight is 397 g/mol. The van der Waals surface area contributed by atoms with Gasteiger partial charge in [-0.3, -0.25) is 4.79 Å². The van der Waals surface area contributed by atoms with E-state index in [1.807, 2.05) is 39.0 Å². The SMILES string of the molecule is CCOC(=O)N1CCN(C(=O)c2cc(C)nc(Nc3c(C)cccc3C)n2)CC1. The molecule has 0 atom stereocenters. The molecule has 0 saturated carbocycles. The lowest BCUT2D eigenvalue weighted by molar-refractivity contribution is 0.0566. The number of nitrogens with one attached hydrogen (secondary N) is 1. The highest BCUT2D eigenvalue weighted by molar-refractivity contribution is 5.93. The topological polar surface area (TPSA) is 87.7 Å². The summed E-state index contributed by atoms with van der Waals surface area (Å²) in [5.41, 5.74) is 4.16. The summed E-state index contributed by atoms with van der Waals surface area (Å²) in [7, 11) is 0. The predicted molar refractivity (Wildman–Crippen MR) is 110 cm³/mol. The lowest BCUT2D eigenvalue weighted by Gasteiger charge is -2.33. The lowest BCUT2D eigenvalue weighted by Crippen LogP contribution is -2.50. The van der Waals surface area contributed by atoms with E-state index in [1.54, 1.807) is 22.8 Å². The molecule has 2 aromatic rings. The highest BCUT2D eigenvalue weighted by Gasteiger charge is 2.26. The Morgan fingerprint density at radius 2 is 1.66 bits per heavy atom. The number of amides is 2. The zero-order valence-corrected chi connectivity index (χ0v) is 17.4. The molecule has 2 amide bonds. The van der Waals surface area contributed by atoms with Crippen LogP contribution in [0.2, 0.25) is 0 Å².